The van der Waals surface area contributed by atoms with E-state index in [-0.39, 0.29) is 10.6 Å². The van der Waals surface area contributed by atoms with Gasteiger partial charge < -0.3 is 19.1 Å². The molecule has 0 heterocycles. The highest BCUT2D eigenvalue weighted by Gasteiger charge is 2.36. The number of benzene rings is 2. The first-order chi connectivity index (χ1) is 17.6. The second kappa shape index (κ2) is 11.0. The lowest BCUT2D eigenvalue weighted by molar-refractivity contribution is -0.394. The molecule has 0 spiro atoms. The molecule has 1 atom stereocenters. The Bertz CT molecular complexity index is 1280. The number of esters is 2. The Morgan fingerprint density at radius 1 is 0.971 bits per heavy atom. The number of ether oxygens (including phenoxy) is 3. The first kappa shape index (κ1) is 22.3. The van der Waals surface area contributed by atoms with Gasteiger partial charge in [-0.2, -0.15) is 0 Å². The lowest BCUT2D eigenvalue weighted by Gasteiger charge is -2.25. The van der Waals surface area contributed by atoms with Gasteiger partial charge in [0, 0.05) is 17.2 Å². The lowest BCUT2D eigenvalue weighted by atomic mass is 10.1. The number of hydrogen-bond acceptors (Lipinski definition) is 10. The average Bonchev–Trinajstić information content (AvgIpc) is 2.80. The normalized spacial score (nSPS) is 12.9. The first-order valence-corrected chi connectivity index (χ1v) is 9.82. The molecular weight excluding hydrogens is 466 g/mol. The number of likely N-dealkylation sites (N-methyl/N-ethyl adjacent to an activating group) is 1. The van der Waals surface area contributed by atoms with Crippen molar-refractivity contribution in [2.24, 2.45) is 0 Å². The Balaban J connectivity index is 2.80. The van der Waals surface area contributed by atoms with Gasteiger partial charge in [0.2, 0.25) is 5.75 Å². The number of methoxy groups -OCH3 is 2. The molecule has 186 valence electrons. The van der Waals surface area contributed by atoms with Crippen LogP contribution in [-0.2, 0) is 19.1 Å². The second-order valence-corrected chi connectivity index (χ2v) is 7.27. The van der Waals surface area contributed by atoms with Crippen LogP contribution in [-0.4, -0.2) is 59.8 Å². The van der Waals surface area contributed by atoms with Crippen molar-refractivity contribution in [2.45, 2.75) is 26.3 Å². The molecule has 0 N–H and O–H groups in total. The summed E-state index contributed by atoms with van der Waals surface area (Å²) in [5.41, 5.74) is -1.52. The van der Waals surface area contributed by atoms with Gasteiger partial charge in [-0.05, 0) is 37.1 Å². The molecule has 35 heavy (non-hydrogen) atoms. The summed E-state index contributed by atoms with van der Waals surface area (Å²) in [5.74, 6) is -4.53. The van der Waals surface area contributed by atoms with Gasteiger partial charge >= 0.3 is 17.6 Å². The van der Waals surface area contributed by atoms with Gasteiger partial charge in [-0.25, -0.2) is 4.79 Å². The van der Waals surface area contributed by atoms with Crippen molar-refractivity contribution in [1.29, 1.82) is 0 Å². The molecule has 0 aliphatic rings. The lowest BCUT2D eigenvalue weighted by Crippen LogP contribution is -2.44. The van der Waals surface area contributed by atoms with Gasteiger partial charge in [0.1, 0.15) is 17.4 Å². The standard InChI is InChI=1S/C22H23N3O10/c1-12-6-13(2)8-14(7-12)35-19-9-15(16(24(29)30)10-17(19)25(31)32)21(27)23(3)18(22(28)34-5)11-20(26)33-4/h6-10,18H,11H2,1-5H3/t18-/m0/s1/i3D3. The SMILES string of the molecule is [2H]C([2H])([2H])N(C(=O)c1cc(Oc2cc(C)cc(C)c2)c([N+](=O)[O-])cc1[N+](=O)[O-])[C@@H](CC(=O)OC)C(=O)OC. The Morgan fingerprint density at radius 2 is 1.57 bits per heavy atom. The molecule has 13 heteroatoms. The maximum Gasteiger partial charge on any atom is 0.329 e. The molecule has 0 aliphatic carbocycles. The van der Waals surface area contributed by atoms with Crippen LogP contribution in [0, 0.1) is 34.1 Å². The van der Waals surface area contributed by atoms with E-state index in [0.29, 0.717) is 12.1 Å². The quantitative estimate of drug-likeness (QED) is 0.288. The van der Waals surface area contributed by atoms with E-state index in [1.807, 2.05) is 0 Å². The summed E-state index contributed by atoms with van der Waals surface area (Å²) in [5, 5.41) is 23.5. The predicted octanol–water partition coefficient (Wildman–Crippen LogP) is 3.09. The van der Waals surface area contributed by atoms with Gasteiger partial charge in [0.05, 0.1) is 36.6 Å². The molecule has 0 radical (unpaired) electrons. The first-order valence-electron chi connectivity index (χ1n) is 11.3. The van der Waals surface area contributed by atoms with E-state index < -0.39 is 69.8 Å². The average molecular weight is 492 g/mol. The number of nitro groups is 2. The second-order valence-electron chi connectivity index (χ2n) is 7.27. The maximum absolute atomic E-state index is 13.5. The Hall–Kier alpha value is -4.55. The summed E-state index contributed by atoms with van der Waals surface area (Å²) < 4.78 is 38.0. The van der Waals surface area contributed by atoms with Crippen LogP contribution in [0.3, 0.4) is 0 Å². The third-order valence-corrected chi connectivity index (χ3v) is 4.72. The Labute approximate surface area is 203 Å². The minimum Gasteiger partial charge on any atom is -0.469 e. The Kier molecular flexibility index (Phi) is 7.02. The van der Waals surface area contributed by atoms with Crippen LogP contribution in [0.15, 0.2) is 30.3 Å². The molecule has 0 unspecified atom stereocenters. The van der Waals surface area contributed by atoms with E-state index in [1.165, 1.54) is 12.1 Å². The maximum atomic E-state index is 13.5. The van der Waals surface area contributed by atoms with Crippen molar-refractivity contribution in [2.75, 3.05) is 21.2 Å². The van der Waals surface area contributed by atoms with E-state index in [4.69, 9.17) is 8.85 Å². The molecule has 0 saturated carbocycles. The van der Waals surface area contributed by atoms with Crippen molar-refractivity contribution in [1.82, 2.24) is 4.90 Å². The molecule has 0 saturated heterocycles. The molecule has 2 rings (SSSR count). The van der Waals surface area contributed by atoms with Gasteiger partial charge in [0.15, 0.2) is 0 Å². The molecule has 0 aliphatic heterocycles. The van der Waals surface area contributed by atoms with Gasteiger partial charge in [-0.15, -0.1) is 0 Å². The number of carbonyl (C=O) groups is 3. The molecule has 2 aromatic rings. The molecule has 13 nitrogen and oxygen atoms in total. The highest BCUT2D eigenvalue weighted by Crippen LogP contribution is 2.38. The van der Waals surface area contributed by atoms with Crippen LogP contribution in [0.2, 0.25) is 0 Å². The summed E-state index contributed by atoms with van der Waals surface area (Å²) in [7, 11) is 1.83. The predicted molar refractivity (Wildman–Crippen MR) is 120 cm³/mol. The molecule has 1 amide bonds. The van der Waals surface area contributed by atoms with Crippen LogP contribution < -0.4 is 4.74 Å². The zero-order valence-electron chi connectivity index (χ0n) is 22.1. The summed E-state index contributed by atoms with van der Waals surface area (Å²) in [6.45, 7) is 0.0251. The van der Waals surface area contributed by atoms with Gasteiger partial charge in [-0.1, -0.05) is 6.07 Å². The number of carbonyl (C=O) groups excluding carboxylic acids is 3. The number of aryl methyl sites for hydroxylation is 2. The summed E-state index contributed by atoms with van der Waals surface area (Å²) in [6, 6.07) is 3.81. The van der Waals surface area contributed by atoms with Crippen LogP contribution >= 0.6 is 0 Å². The van der Waals surface area contributed by atoms with E-state index in [9.17, 15) is 34.6 Å². The van der Waals surface area contributed by atoms with Crippen molar-refractivity contribution >= 4 is 29.2 Å². The van der Waals surface area contributed by atoms with Crippen molar-refractivity contribution in [3.05, 3.63) is 67.3 Å². The number of nitro benzene ring substituents is 2. The van der Waals surface area contributed by atoms with Crippen LogP contribution in [0.25, 0.3) is 0 Å². The van der Waals surface area contributed by atoms with Crippen molar-refractivity contribution in [3.63, 3.8) is 0 Å². The van der Waals surface area contributed by atoms with Crippen LogP contribution in [0.1, 0.15) is 32.0 Å². The smallest absolute Gasteiger partial charge is 0.329 e. The van der Waals surface area contributed by atoms with Gasteiger partial charge in [-0.3, -0.25) is 29.8 Å². The van der Waals surface area contributed by atoms with Crippen LogP contribution in [0.5, 0.6) is 11.5 Å². The molecule has 0 aromatic heterocycles. The largest absolute Gasteiger partial charge is 0.469 e. The zero-order valence-corrected chi connectivity index (χ0v) is 19.1. The fourth-order valence-electron chi connectivity index (χ4n) is 3.15. The molecule has 2 aromatic carbocycles. The van der Waals surface area contributed by atoms with E-state index in [1.54, 1.807) is 19.9 Å². The minimum absolute atomic E-state index is 0.0511. The fraction of sp³-hybridized carbons (Fsp3) is 0.318. The van der Waals surface area contributed by atoms with E-state index in [0.717, 1.165) is 25.3 Å². The molecule has 0 fully saturated rings. The van der Waals surface area contributed by atoms with Crippen molar-refractivity contribution in [3.8, 4) is 11.5 Å². The Morgan fingerprint density at radius 3 is 2.06 bits per heavy atom. The fourth-order valence-corrected chi connectivity index (χ4v) is 3.15. The number of rotatable bonds is 9. The van der Waals surface area contributed by atoms with E-state index in [2.05, 4.69) is 9.47 Å². The van der Waals surface area contributed by atoms with E-state index >= 15 is 0 Å². The zero-order chi connectivity index (χ0) is 28.9. The van der Waals surface area contributed by atoms with Gasteiger partial charge in [0.25, 0.3) is 11.6 Å². The highest BCUT2D eigenvalue weighted by atomic mass is 16.6. The third-order valence-electron chi connectivity index (χ3n) is 4.72. The summed E-state index contributed by atoms with van der Waals surface area (Å²) in [4.78, 5) is 59.1. The minimum atomic E-state index is -3.42. The van der Waals surface area contributed by atoms with Crippen molar-refractivity contribution < 1.29 is 42.6 Å². The third kappa shape index (κ3) is 6.28. The number of nitrogens with zero attached hydrogens (tertiary/aromatic N) is 3. The summed E-state index contributed by atoms with van der Waals surface area (Å²) >= 11 is 0. The highest BCUT2D eigenvalue weighted by molar-refractivity contribution is 6.01. The number of hydrogen-bond donors (Lipinski definition) is 0. The molecule has 0 bridgehead atoms. The monoisotopic (exact) mass is 492 g/mol. The number of amides is 1. The topological polar surface area (TPSA) is 168 Å². The summed E-state index contributed by atoms with van der Waals surface area (Å²) in [6.07, 6.45) is -0.958. The molecular formula is C22H23N3O10. The van der Waals surface area contributed by atoms with Crippen LogP contribution in [0.4, 0.5) is 11.4 Å².